The van der Waals surface area contributed by atoms with Crippen molar-refractivity contribution in [2.24, 2.45) is 0 Å². The molecule has 27 heavy (non-hydrogen) atoms. The minimum atomic E-state index is -0.0554. The van der Waals surface area contributed by atoms with Crippen molar-refractivity contribution in [3.05, 3.63) is 63.8 Å². The third-order valence-electron chi connectivity index (χ3n) is 4.47. The number of piperazine rings is 1. The standard InChI is InChI=1S/C19H16BrClN4O2/c20-13-3-4-15(21)14(12-13)19(26)25-9-7-24(8-10-25)18-6-5-16(22-23-18)17-2-1-11-27-17/h1-6,11-12H,7-10H2. The lowest BCUT2D eigenvalue weighted by molar-refractivity contribution is 0.0746. The summed E-state index contributed by atoms with van der Waals surface area (Å²) in [7, 11) is 0. The van der Waals surface area contributed by atoms with E-state index in [-0.39, 0.29) is 5.91 Å². The van der Waals surface area contributed by atoms with E-state index in [0.29, 0.717) is 48.2 Å². The zero-order chi connectivity index (χ0) is 18.8. The number of anilines is 1. The number of hydrogen-bond acceptors (Lipinski definition) is 5. The first-order valence-corrected chi connectivity index (χ1v) is 9.66. The Balaban J connectivity index is 1.41. The predicted octanol–water partition coefficient (Wildman–Crippen LogP) is 4.11. The van der Waals surface area contributed by atoms with Crippen LogP contribution in [0.15, 0.2) is 57.6 Å². The first-order chi connectivity index (χ1) is 13.1. The van der Waals surface area contributed by atoms with Crippen LogP contribution in [0.2, 0.25) is 5.02 Å². The quantitative estimate of drug-likeness (QED) is 0.604. The smallest absolute Gasteiger partial charge is 0.255 e. The molecule has 0 saturated carbocycles. The van der Waals surface area contributed by atoms with Gasteiger partial charge in [-0.25, -0.2) is 0 Å². The van der Waals surface area contributed by atoms with E-state index in [0.717, 1.165) is 10.3 Å². The van der Waals surface area contributed by atoms with Gasteiger partial charge in [-0.05, 0) is 42.5 Å². The van der Waals surface area contributed by atoms with Gasteiger partial charge in [0, 0.05) is 30.7 Å². The molecule has 1 aliphatic rings. The molecule has 1 fully saturated rings. The third-order valence-corrected chi connectivity index (χ3v) is 5.30. The summed E-state index contributed by atoms with van der Waals surface area (Å²) in [5, 5.41) is 8.99. The Labute approximate surface area is 169 Å². The molecule has 8 heteroatoms. The number of furan rings is 1. The van der Waals surface area contributed by atoms with Crippen molar-refractivity contribution in [2.45, 2.75) is 0 Å². The van der Waals surface area contributed by atoms with Gasteiger partial charge in [-0.1, -0.05) is 27.5 Å². The molecule has 3 heterocycles. The molecule has 0 aliphatic carbocycles. The number of rotatable bonds is 3. The van der Waals surface area contributed by atoms with Crippen LogP contribution >= 0.6 is 27.5 Å². The summed E-state index contributed by atoms with van der Waals surface area (Å²) in [4.78, 5) is 16.7. The van der Waals surface area contributed by atoms with E-state index in [1.807, 2.05) is 35.2 Å². The molecular formula is C19H16BrClN4O2. The molecule has 0 unspecified atom stereocenters. The summed E-state index contributed by atoms with van der Waals surface area (Å²) in [6, 6.07) is 12.8. The Morgan fingerprint density at radius 2 is 1.89 bits per heavy atom. The number of halogens is 2. The number of aromatic nitrogens is 2. The van der Waals surface area contributed by atoms with Crippen LogP contribution in [0.4, 0.5) is 5.82 Å². The van der Waals surface area contributed by atoms with Gasteiger partial charge in [0.25, 0.3) is 5.91 Å². The molecule has 0 spiro atoms. The third kappa shape index (κ3) is 3.84. The van der Waals surface area contributed by atoms with E-state index in [1.165, 1.54) is 0 Å². The maximum absolute atomic E-state index is 12.8. The van der Waals surface area contributed by atoms with E-state index in [2.05, 4.69) is 31.0 Å². The minimum absolute atomic E-state index is 0.0554. The lowest BCUT2D eigenvalue weighted by atomic mass is 10.2. The summed E-state index contributed by atoms with van der Waals surface area (Å²) >= 11 is 9.58. The Bertz CT molecular complexity index is 939. The van der Waals surface area contributed by atoms with Crippen molar-refractivity contribution < 1.29 is 9.21 Å². The molecule has 0 N–H and O–H groups in total. The second-order valence-corrected chi connectivity index (χ2v) is 7.48. The van der Waals surface area contributed by atoms with E-state index < -0.39 is 0 Å². The number of carbonyl (C=O) groups is 1. The minimum Gasteiger partial charge on any atom is -0.463 e. The van der Waals surface area contributed by atoms with Crippen molar-refractivity contribution in [1.29, 1.82) is 0 Å². The van der Waals surface area contributed by atoms with Gasteiger partial charge in [-0.3, -0.25) is 4.79 Å². The fourth-order valence-corrected chi connectivity index (χ4v) is 3.58. The number of nitrogens with zero attached hydrogens (tertiary/aromatic N) is 4. The van der Waals surface area contributed by atoms with Gasteiger partial charge in [0.05, 0.1) is 16.8 Å². The van der Waals surface area contributed by atoms with Crippen molar-refractivity contribution >= 4 is 39.3 Å². The van der Waals surface area contributed by atoms with Gasteiger partial charge in [0.15, 0.2) is 11.6 Å². The summed E-state index contributed by atoms with van der Waals surface area (Å²) in [5.74, 6) is 1.42. The van der Waals surface area contributed by atoms with Crippen molar-refractivity contribution in [3.8, 4) is 11.5 Å². The summed E-state index contributed by atoms with van der Waals surface area (Å²) in [6.45, 7) is 2.57. The van der Waals surface area contributed by atoms with Gasteiger partial charge in [-0.2, -0.15) is 0 Å². The highest BCUT2D eigenvalue weighted by molar-refractivity contribution is 9.10. The van der Waals surface area contributed by atoms with Gasteiger partial charge in [-0.15, -0.1) is 10.2 Å². The summed E-state index contributed by atoms with van der Waals surface area (Å²) in [5.41, 5.74) is 1.21. The van der Waals surface area contributed by atoms with Crippen LogP contribution in [0, 0.1) is 0 Å². The van der Waals surface area contributed by atoms with Crippen LogP contribution in [0.3, 0.4) is 0 Å². The Kier molecular flexibility index (Phi) is 5.13. The molecule has 138 valence electrons. The van der Waals surface area contributed by atoms with E-state index in [4.69, 9.17) is 16.0 Å². The second kappa shape index (κ2) is 7.70. The maximum atomic E-state index is 12.8. The highest BCUT2D eigenvalue weighted by atomic mass is 79.9. The van der Waals surface area contributed by atoms with Crippen molar-refractivity contribution in [2.75, 3.05) is 31.1 Å². The molecule has 4 rings (SSSR count). The normalized spacial score (nSPS) is 14.4. The number of amides is 1. The molecule has 1 aromatic carbocycles. The van der Waals surface area contributed by atoms with Crippen LogP contribution in [0.25, 0.3) is 11.5 Å². The monoisotopic (exact) mass is 446 g/mol. The van der Waals surface area contributed by atoms with Crippen molar-refractivity contribution in [1.82, 2.24) is 15.1 Å². The molecule has 3 aromatic rings. The zero-order valence-electron chi connectivity index (χ0n) is 14.3. The average Bonchev–Trinajstić information content (AvgIpc) is 3.24. The van der Waals surface area contributed by atoms with Crippen LogP contribution in [-0.4, -0.2) is 47.2 Å². The molecule has 0 bridgehead atoms. The Morgan fingerprint density at radius 3 is 2.56 bits per heavy atom. The van der Waals surface area contributed by atoms with E-state index in [9.17, 15) is 4.79 Å². The SMILES string of the molecule is O=C(c1cc(Br)ccc1Cl)N1CCN(c2ccc(-c3ccco3)nn2)CC1. The zero-order valence-corrected chi connectivity index (χ0v) is 16.7. The topological polar surface area (TPSA) is 62.5 Å². The highest BCUT2D eigenvalue weighted by Crippen LogP contribution is 2.24. The van der Waals surface area contributed by atoms with E-state index in [1.54, 1.807) is 18.4 Å². The Hall–Kier alpha value is -2.38. The predicted molar refractivity (Wildman–Crippen MR) is 107 cm³/mol. The number of hydrogen-bond donors (Lipinski definition) is 0. The van der Waals surface area contributed by atoms with Gasteiger partial charge >= 0.3 is 0 Å². The molecule has 0 atom stereocenters. The van der Waals surface area contributed by atoms with E-state index >= 15 is 0 Å². The summed E-state index contributed by atoms with van der Waals surface area (Å²) in [6.07, 6.45) is 1.61. The molecule has 1 saturated heterocycles. The van der Waals surface area contributed by atoms with Gasteiger partial charge < -0.3 is 14.2 Å². The average molecular weight is 448 g/mol. The van der Waals surface area contributed by atoms with Crippen LogP contribution in [0.5, 0.6) is 0 Å². The van der Waals surface area contributed by atoms with Gasteiger partial charge in [0.1, 0.15) is 5.69 Å². The summed E-state index contributed by atoms with van der Waals surface area (Å²) < 4.78 is 6.17. The lowest BCUT2D eigenvalue weighted by Gasteiger charge is -2.35. The number of carbonyl (C=O) groups excluding carboxylic acids is 1. The number of benzene rings is 1. The molecule has 2 aromatic heterocycles. The van der Waals surface area contributed by atoms with Crippen LogP contribution in [0.1, 0.15) is 10.4 Å². The Morgan fingerprint density at radius 1 is 1.07 bits per heavy atom. The fraction of sp³-hybridized carbons (Fsp3) is 0.211. The second-order valence-electron chi connectivity index (χ2n) is 6.16. The highest BCUT2D eigenvalue weighted by Gasteiger charge is 2.24. The van der Waals surface area contributed by atoms with Gasteiger partial charge in [0.2, 0.25) is 0 Å². The molecule has 1 amide bonds. The first-order valence-electron chi connectivity index (χ1n) is 8.49. The first kappa shape index (κ1) is 18.0. The van der Waals surface area contributed by atoms with Crippen molar-refractivity contribution in [3.63, 3.8) is 0 Å². The molecule has 6 nitrogen and oxygen atoms in total. The van der Waals surface area contributed by atoms with Crippen LogP contribution < -0.4 is 4.90 Å². The molecule has 1 aliphatic heterocycles. The van der Waals surface area contributed by atoms with Crippen LogP contribution in [-0.2, 0) is 0 Å². The lowest BCUT2D eigenvalue weighted by Crippen LogP contribution is -2.49. The fourth-order valence-electron chi connectivity index (χ4n) is 3.02. The largest absolute Gasteiger partial charge is 0.463 e. The molecular weight excluding hydrogens is 432 g/mol. The maximum Gasteiger partial charge on any atom is 0.255 e. The molecule has 0 radical (unpaired) electrons.